The zero-order chi connectivity index (χ0) is 20.4. The highest BCUT2D eigenvalue weighted by molar-refractivity contribution is 6.31. The summed E-state index contributed by atoms with van der Waals surface area (Å²) in [5.41, 5.74) is 5.59. The molecule has 0 fully saturated rings. The molecule has 0 saturated carbocycles. The summed E-state index contributed by atoms with van der Waals surface area (Å²) in [7, 11) is 4.01. The molecule has 2 aromatic carbocycles. The van der Waals surface area contributed by atoms with Crippen LogP contribution in [0, 0.1) is 6.92 Å². The molecule has 1 aromatic heterocycles. The molecule has 0 N–H and O–H groups in total. The van der Waals surface area contributed by atoms with Crippen molar-refractivity contribution < 1.29 is 4.74 Å². The van der Waals surface area contributed by atoms with Crippen molar-refractivity contribution in [3.05, 3.63) is 89.2 Å². The molecule has 1 aliphatic rings. The molecule has 2 unspecified atom stereocenters. The maximum absolute atomic E-state index is 6.59. The molecule has 2 heterocycles. The second kappa shape index (κ2) is 8.02. The minimum Gasteiger partial charge on any atom is -0.496 e. The molecule has 4 rings (SSSR count). The van der Waals surface area contributed by atoms with E-state index in [0.29, 0.717) is 0 Å². The number of likely N-dealkylation sites (N-methyl/N-ethyl adjacent to an activating group) is 1. The van der Waals surface area contributed by atoms with Crippen LogP contribution in [0.15, 0.2) is 72.9 Å². The van der Waals surface area contributed by atoms with Crippen molar-refractivity contribution in [2.75, 3.05) is 20.7 Å². The van der Waals surface area contributed by atoms with Gasteiger partial charge in [0.1, 0.15) is 24.0 Å². The summed E-state index contributed by atoms with van der Waals surface area (Å²) in [6, 6.07) is 19.1. The summed E-state index contributed by atoms with van der Waals surface area (Å²) >= 11 is 6.59. The topological polar surface area (TPSA) is 22.1 Å². The van der Waals surface area contributed by atoms with Crippen LogP contribution in [0.5, 0.6) is 5.75 Å². The first kappa shape index (κ1) is 19.7. The largest absolute Gasteiger partial charge is 0.496 e. The van der Waals surface area contributed by atoms with Gasteiger partial charge in [0.2, 0.25) is 0 Å². The van der Waals surface area contributed by atoms with Crippen molar-refractivity contribution in [1.29, 1.82) is 0 Å². The number of quaternary nitrogens is 1. The Labute approximate surface area is 177 Å². The van der Waals surface area contributed by atoms with Crippen LogP contribution in [-0.4, -0.2) is 25.7 Å². The number of pyridine rings is 1. The van der Waals surface area contributed by atoms with E-state index in [1.54, 1.807) is 7.11 Å². The van der Waals surface area contributed by atoms with Crippen LogP contribution in [0.1, 0.15) is 23.7 Å². The van der Waals surface area contributed by atoms with Crippen LogP contribution < -0.4 is 9.22 Å². The number of aromatic nitrogens is 1. The Morgan fingerprint density at radius 3 is 2.66 bits per heavy atom. The highest BCUT2D eigenvalue weighted by atomic mass is 35.5. The van der Waals surface area contributed by atoms with Gasteiger partial charge in [0.25, 0.3) is 0 Å². The van der Waals surface area contributed by atoms with Gasteiger partial charge in [0.15, 0.2) is 0 Å². The van der Waals surface area contributed by atoms with Gasteiger partial charge in [-0.2, -0.15) is 0 Å². The molecular formula is C25H26ClN2O+. The third kappa shape index (κ3) is 3.68. The summed E-state index contributed by atoms with van der Waals surface area (Å²) in [6.07, 6.45) is 7.32. The zero-order valence-corrected chi connectivity index (χ0v) is 17.9. The number of benzene rings is 2. The van der Waals surface area contributed by atoms with Crippen LogP contribution in [0.25, 0.3) is 11.1 Å². The maximum atomic E-state index is 6.59. The first-order valence-corrected chi connectivity index (χ1v) is 10.3. The van der Waals surface area contributed by atoms with Crippen molar-refractivity contribution in [2.45, 2.75) is 19.4 Å². The molecule has 3 nitrogen and oxygen atoms in total. The van der Waals surface area contributed by atoms with Crippen molar-refractivity contribution >= 4 is 17.3 Å². The predicted octanol–water partition coefficient (Wildman–Crippen LogP) is 6.36. The van der Waals surface area contributed by atoms with E-state index in [-0.39, 0.29) is 6.04 Å². The standard InChI is InChI=1S/C25H26ClN2O/c1-18-16-19(13-14-27-18)21-12-11-20(17-25(21)29-3)28(2)15-7-6-10-24(28)22-8-4-5-9-23(22)26/h4-9,11-14,16-17,24H,10,15H2,1-3H3/q+1. The summed E-state index contributed by atoms with van der Waals surface area (Å²) in [6.45, 7) is 2.91. The Balaban J connectivity index is 1.80. The lowest BCUT2D eigenvalue weighted by Gasteiger charge is -2.43. The van der Waals surface area contributed by atoms with Crippen LogP contribution in [-0.2, 0) is 0 Å². The average molecular weight is 406 g/mol. The molecule has 29 heavy (non-hydrogen) atoms. The highest BCUT2D eigenvalue weighted by Gasteiger charge is 2.38. The predicted molar refractivity (Wildman–Crippen MR) is 121 cm³/mol. The fourth-order valence-corrected chi connectivity index (χ4v) is 4.55. The van der Waals surface area contributed by atoms with Crippen LogP contribution in [0.3, 0.4) is 0 Å². The quantitative estimate of drug-likeness (QED) is 0.372. The molecule has 148 valence electrons. The number of rotatable bonds is 4. The van der Waals surface area contributed by atoms with Crippen LogP contribution >= 0.6 is 11.6 Å². The highest BCUT2D eigenvalue weighted by Crippen LogP contribution is 2.43. The minimum atomic E-state index is 0.257. The summed E-state index contributed by atoms with van der Waals surface area (Å²) in [4.78, 5) is 4.31. The Morgan fingerprint density at radius 2 is 1.90 bits per heavy atom. The lowest BCUT2D eigenvalue weighted by atomic mass is 9.94. The number of halogens is 1. The Bertz CT molecular complexity index is 1060. The minimum absolute atomic E-state index is 0.257. The van der Waals surface area contributed by atoms with E-state index in [0.717, 1.165) is 45.0 Å². The fraction of sp³-hybridized carbons (Fsp3) is 0.240. The monoisotopic (exact) mass is 405 g/mol. The molecule has 0 amide bonds. The van der Waals surface area contributed by atoms with E-state index < -0.39 is 0 Å². The molecule has 2 atom stereocenters. The van der Waals surface area contributed by atoms with Crippen molar-refractivity contribution in [3.63, 3.8) is 0 Å². The fourth-order valence-electron chi connectivity index (χ4n) is 4.29. The molecule has 0 radical (unpaired) electrons. The van der Waals surface area contributed by atoms with E-state index in [9.17, 15) is 0 Å². The van der Waals surface area contributed by atoms with Gasteiger partial charge in [-0.3, -0.25) is 9.47 Å². The Morgan fingerprint density at radius 1 is 1.07 bits per heavy atom. The first-order valence-electron chi connectivity index (χ1n) is 9.89. The SMILES string of the molecule is COc1cc([N+]2(C)CC=CCC2c2ccccc2Cl)ccc1-c1ccnc(C)c1. The molecule has 0 saturated heterocycles. The second-order valence-corrected chi connectivity index (χ2v) is 8.17. The summed E-state index contributed by atoms with van der Waals surface area (Å²) in [5.74, 6) is 0.875. The summed E-state index contributed by atoms with van der Waals surface area (Å²) < 4.78 is 6.56. The van der Waals surface area contributed by atoms with E-state index in [2.05, 4.69) is 60.6 Å². The van der Waals surface area contributed by atoms with Crippen LogP contribution in [0.2, 0.25) is 5.02 Å². The third-order valence-corrected chi connectivity index (χ3v) is 6.29. The van der Waals surface area contributed by atoms with Crippen LogP contribution in [0.4, 0.5) is 5.69 Å². The number of hydrogen-bond donors (Lipinski definition) is 0. The van der Waals surface area contributed by atoms with Gasteiger partial charge in [-0.1, -0.05) is 35.9 Å². The molecular weight excluding hydrogens is 380 g/mol. The lowest BCUT2D eigenvalue weighted by Crippen LogP contribution is -2.49. The summed E-state index contributed by atoms with van der Waals surface area (Å²) in [5, 5.41) is 0.827. The first-order chi connectivity index (χ1) is 14.0. The van der Waals surface area contributed by atoms with Gasteiger partial charge in [-0.15, -0.1) is 0 Å². The van der Waals surface area contributed by atoms with Gasteiger partial charge in [0, 0.05) is 46.6 Å². The average Bonchev–Trinajstić information content (AvgIpc) is 2.74. The number of methoxy groups -OCH3 is 1. The van der Waals surface area contributed by atoms with Crippen molar-refractivity contribution in [3.8, 4) is 16.9 Å². The van der Waals surface area contributed by atoms with Gasteiger partial charge in [-0.05, 0) is 42.8 Å². The van der Waals surface area contributed by atoms with E-state index in [1.165, 1.54) is 11.3 Å². The van der Waals surface area contributed by atoms with E-state index in [4.69, 9.17) is 16.3 Å². The molecule has 1 aliphatic heterocycles. The normalized spacial score (nSPS) is 21.2. The maximum Gasteiger partial charge on any atom is 0.137 e. The van der Waals surface area contributed by atoms with Gasteiger partial charge in [-0.25, -0.2) is 0 Å². The lowest BCUT2D eigenvalue weighted by molar-refractivity contribution is 0.258. The number of ether oxygens (including phenoxy) is 1. The molecule has 3 aromatic rings. The van der Waals surface area contributed by atoms with Crippen molar-refractivity contribution in [1.82, 2.24) is 9.47 Å². The molecule has 0 bridgehead atoms. The van der Waals surface area contributed by atoms with E-state index in [1.807, 2.05) is 31.3 Å². The number of nitrogens with zero attached hydrogens (tertiary/aromatic N) is 2. The van der Waals surface area contributed by atoms with E-state index >= 15 is 0 Å². The molecule has 0 spiro atoms. The third-order valence-electron chi connectivity index (χ3n) is 5.95. The van der Waals surface area contributed by atoms with Gasteiger partial charge in [0.05, 0.1) is 14.2 Å². The zero-order valence-electron chi connectivity index (χ0n) is 17.1. The molecule has 0 aliphatic carbocycles. The Hall–Kier alpha value is -2.62. The Kier molecular flexibility index (Phi) is 5.44. The number of aryl methyl sites for hydroxylation is 1. The second-order valence-electron chi connectivity index (χ2n) is 7.77. The van der Waals surface area contributed by atoms with Gasteiger partial charge >= 0.3 is 0 Å². The number of hydrogen-bond acceptors (Lipinski definition) is 2. The van der Waals surface area contributed by atoms with Crippen molar-refractivity contribution in [2.24, 2.45) is 0 Å². The van der Waals surface area contributed by atoms with Gasteiger partial charge < -0.3 is 4.74 Å². The smallest absolute Gasteiger partial charge is 0.137 e. The molecule has 4 heteroatoms.